The molecule has 1 atom stereocenters. The van der Waals surface area contributed by atoms with E-state index in [-0.39, 0.29) is 40.6 Å². The number of para-hydroxylation sites is 1. The van der Waals surface area contributed by atoms with Crippen LogP contribution in [0.5, 0.6) is 0 Å². The van der Waals surface area contributed by atoms with Gasteiger partial charge < -0.3 is 13.1 Å². The molecule has 3 heteroatoms. The maximum absolute atomic E-state index is 3.49. The van der Waals surface area contributed by atoms with E-state index in [9.17, 15) is 0 Å². The van der Waals surface area contributed by atoms with Crippen molar-refractivity contribution in [3.05, 3.63) is 66.2 Å². The van der Waals surface area contributed by atoms with Crippen LogP contribution in [0, 0.1) is 0 Å². The molecule has 1 saturated heterocycles. The van der Waals surface area contributed by atoms with Crippen molar-refractivity contribution in [1.29, 1.82) is 0 Å². The summed E-state index contributed by atoms with van der Waals surface area (Å²) in [5, 5.41) is 3.49. The van der Waals surface area contributed by atoms with Crippen molar-refractivity contribution >= 4 is 43.4 Å². The molecule has 1 aliphatic heterocycles. The van der Waals surface area contributed by atoms with Crippen LogP contribution in [0.2, 0.25) is 0 Å². The zero-order valence-corrected chi connectivity index (χ0v) is 13.3. The van der Waals surface area contributed by atoms with E-state index in [1.807, 2.05) is 0 Å². The number of benzene rings is 2. The van der Waals surface area contributed by atoms with E-state index in [0.29, 0.717) is 6.04 Å². The Balaban J connectivity index is 0.00000133. The van der Waals surface area contributed by atoms with Crippen molar-refractivity contribution in [2.24, 2.45) is 0 Å². The predicted molar refractivity (Wildman–Crippen MR) is 83.8 cm³/mol. The summed E-state index contributed by atoms with van der Waals surface area (Å²) in [5.74, 6) is 0. The van der Waals surface area contributed by atoms with Crippen molar-refractivity contribution in [1.82, 2.24) is 5.32 Å². The molecular formula is C16H20CaN2. The number of hydrogen-bond donors (Lipinski definition) is 1. The Hall–Kier alpha value is -0.540. The first-order valence-corrected chi connectivity index (χ1v) is 6.52. The molecule has 0 amide bonds. The van der Waals surface area contributed by atoms with Crippen LogP contribution in [0.4, 0.5) is 5.69 Å². The second kappa shape index (κ2) is 7.30. The fraction of sp³-hybridized carbons (Fsp3) is 0.250. The molecule has 0 aromatic heterocycles. The van der Waals surface area contributed by atoms with Gasteiger partial charge in [-0.1, -0.05) is 48.5 Å². The van der Waals surface area contributed by atoms with Crippen molar-refractivity contribution in [2.75, 3.05) is 24.5 Å². The Bertz CT molecular complexity index is 449. The van der Waals surface area contributed by atoms with Crippen LogP contribution >= 0.6 is 0 Å². The van der Waals surface area contributed by atoms with Gasteiger partial charge in [0.2, 0.25) is 0 Å². The van der Waals surface area contributed by atoms with Gasteiger partial charge in [-0.2, -0.15) is 0 Å². The fourth-order valence-corrected chi connectivity index (χ4v) is 2.61. The Morgan fingerprint density at radius 2 is 1.58 bits per heavy atom. The van der Waals surface area contributed by atoms with E-state index in [4.69, 9.17) is 0 Å². The van der Waals surface area contributed by atoms with E-state index >= 15 is 0 Å². The molecule has 2 aromatic carbocycles. The van der Waals surface area contributed by atoms with Gasteiger partial charge >= 0.3 is 37.7 Å². The monoisotopic (exact) mass is 280 g/mol. The molecule has 2 nitrogen and oxygen atoms in total. The molecule has 19 heavy (non-hydrogen) atoms. The first-order valence-electron chi connectivity index (χ1n) is 6.52. The number of rotatable bonds is 2. The number of nitrogens with one attached hydrogen (secondary N) is 1. The Kier molecular flexibility index (Phi) is 5.71. The maximum Gasteiger partial charge on any atom is 2.00 e. The van der Waals surface area contributed by atoms with Gasteiger partial charge in [0.15, 0.2) is 0 Å². The average Bonchev–Trinajstić information content (AvgIpc) is 2.49. The third-order valence-corrected chi connectivity index (χ3v) is 3.52. The zero-order chi connectivity index (χ0) is 12.2. The molecule has 1 unspecified atom stereocenters. The Morgan fingerprint density at radius 1 is 0.947 bits per heavy atom. The summed E-state index contributed by atoms with van der Waals surface area (Å²) in [7, 11) is 0. The van der Waals surface area contributed by atoms with E-state index in [1.165, 1.54) is 11.3 Å². The maximum atomic E-state index is 3.49. The van der Waals surface area contributed by atoms with Gasteiger partial charge in [0, 0.05) is 25.3 Å². The molecular weight excluding hydrogens is 260 g/mol. The normalized spacial score (nSPS) is 18.7. The van der Waals surface area contributed by atoms with E-state index in [0.717, 1.165) is 19.6 Å². The summed E-state index contributed by atoms with van der Waals surface area (Å²) in [6, 6.07) is 21.9. The minimum absolute atomic E-state index is 0. The summed E-state index contributed by atoms with van der Waals surface area (Å²) >= 11 is 0. The van der Waals surface area contributed by atoms with Crippen LogP contribution in [0.25, 0.3) is 0 Å². The topological polar surface area (TPSA) is 15.3 Å². The molecule has 3 rings (SSSR count). The van der Waals surface area contributed by atoms with E-state index in [2.05, 4.69) is 70.9 Å². The number of nitrogens with zero attached hydrogens (tertiary/aromatic N) is 1. The molecule has 1 heterocycles. The minimum Gasteiger partial charge on any atom is -1.00 e. The second-order valence-electron chi connectivity index (χ2n) is 4.66. The van der Waals surface area contributed by atoms with Crippen LogP contribution in [0.15, 0.2) is 60.7 Å². The summed E-state index contributed by atoms with van der Waals surface area (Å²) in [6.07, 6.45) is 0. The van der Waals surface area contributed by atoms with Crippen molar-refractivity contribution in [3.8, 4) is 0 Å². The van der Waals surface area contributed by atoms with Gasteiger partial charge in [-0.05, 0) is 17.7 Å². The number of piperazine rings is 1. The van der Waals surface area contributed by atoms with Crippen molar-refractivity contribution in [3.63, 3.8) is 0 Å². The SMILES string of the molecule is [Ca+2].[H-].[H-].c1ccc(C2CNCCN2c2ccccc2)cc1. The van der Waals surface area contributed by atoms with Gasteiger partial charge in [0.1, 0.15) is 0 Å². The molecule has 0 saturated carbocycles. The summed E-state index contributed by atoms with van der Waals surface area (Å²) in [5.41, 5.74) is 2.70. The van der Waals surface area contributed by atoms with E-state index in [1.54, 1.807) is 0 Å². The summed E-state index contributed by atoms with van der Waals surface area (Å²) < 4.78 is 0. The smallest absolute Gasteiger partial charge is 1.00 e. The molecule has 96 valence electrons. The molecule has 0 aliphatic carbocycles. The molecule has 0 bridgehead atoms. The molecule has 1 N–H and O–H groups in total. The third kappa shape index (κ3) is 3.51. The largest absolute Gasteiger partial charge is 2.00 e. The van der Waals surface area contributed by atoms with E-state index < -0.39 is 0 Å². The van der Waals surface area contributed by atoms with Gasteiger partial charge in [-0.25, -0.2) is 0 Å². The Morgan fingerprint density at radius 3 is 2.26 bits per heavy atom. The van der Waals surface area contributed by atoms with Crippen LogP contribution in [-0.2, 0) is 0 Å². The molecule has 1 aliphatic rings. The van der Waals surface area contributed by atoms with Crippen molar-refractivity contribution in [2.45, 2.75) is 6.04 Å². The van der Waals surface area contributed by atoms with Crippen LogP contribution in [-0.4, -0.2) is 57.4 Å². The molecule has 1 fully saturated rings. The standard InChI is InChI=1S/C16H18N2.Ca.2H/c1-3-7-14(8-4-1)16-13-17-11-12-18(16)15-9-5-2-6-10-15;;;/h1-10,16-17H,11-13H2;;;/q;+2;2*-1. The van der Waals surface area contributed by atoms with Gasteiger partial charge in [-0.3, -0.25) is 0 Å². The Labute approximate surface area is 147 Å². The number of anilines is 1. The second-order valence-corrected chi connectivity index (χ2v) is 4.66. The number of hydrogen-bond acceptors (Lipinski definition) is 2. The molecule has 0 radical (unpaired) electrons. The van der Waals surface area contributed by atoms with Gasteiger partial charge in [0.05, 0.1) is 6.04 Å². The molecule has 0 spiro atoms. The molecule has 2 aromatic rings. The summed E-state index contributed by atoms with van der Waals surface area (Å²) in [6.45, 7) is 3.13. The first kappa shape index (κ1) is 14.9. The third-order valence-electron chi connectivity index (χ3n) is 3.52. The van der Waals surface area contributed by atoms with Crippen LogP contribution < -0.4 is 10.2 Å². The zero-order valence-electron chi connectivity index (χ0n) is 13.1. The average molecular weight is 280 g/mol. The van der Waals surface area contributed by atoms with Crippen molar-refractivity contribution < 1.29 is 2.85 Å². The van der Waals surface area contributed by atoms with Crippen LogP contribution in [0.1, 0.15) is 14.5 Å². The van der Waals surface area contributed by atoms with Crippen LogP contribution in [0.3, 0.4) is 0 Å². The summed E-state index contributed by atoms with van der Waals surface area (Å²) in [4.78, 5) is 2.49. The van der Waals surface area contributed by atoms with Gasteiger partial charge in [-0.15, -0.1) is 0 Å². The predicted octanol–water partition coefficient (Wildman–Crippen LogP) is 2.68. The van der Waals surface area contributed by atoms with Gasteiger partial charge in [0.25, 0.3) is 0 Å². The minimum atomic E-state index is 0. The first-order chi connectivity index (χ1) is 8.95. The quantitative estimate of drug-likeness (QED) is 0.851. The fourth-order valence-electron chi connectivity index (χ4n) is 2.61.